The van der Waals surface area contributed by atoms with Crippen LogP contribution in [0.1, 0.15) is 43.1 Å². The van der Waals surface area contributed by atoms with Crippen molar-refractivity contribution in [2.45, 2.75) is 57.7 Å². The molecule has 38 heavy (non-hydrogen) atoms. The number of rotatable bonds is 6. The number of nitrogens with zero attached hydrogens (tertiary/aromatic N) is 3. The van der Waals surface area contributed by atoms with Crippen LogP contribution in [0.5, 0.6) is 0 Å². The van der Waals surface area contributed by atoms with Gasteiger partial charge in [0, 0.05) is 37.0 Å². The fourth-order valence-corrected chi connectivity index (χ4v) is 4.99. The Balaban J connectivity index is 1.76. The fraction of sp³-hybridized carbons (Fsp3) is 0.583. The standard InChI is InChI=1S/C24H27F7N4O3/c1-12-18(14-4-5-16(25)19(26)15(14)10-34-6-8-37-9-7-34)20(38-23(12,3)24(29,30)31)21(36)32-17-11-35(22(27)28)33-13(17)2/h4-5,11-12,18,20,22H,6-10H2,1-3H3,(H,32,36)/t12-,18-,20+,23+/m0/s1. The van der Waals surface area contributed by atoms with Crippen molar-refractivity contribution in [3.05, 3.63) is 46.8 Å². The van der Waals surface area contributed by atoms with Crippen molar-refractivity contribution in [1.82, 2.24) is 14.7 Å². The summed E-state index contributed by atoms with van der Waals surface area (Å²) in [6.07, 6.45) is -5.88. The largest absolute Gasteiger partial charge is 0.417 e. The molecule has 0 aliphatic carbocycles. The molecule has 1 amide bonds. The molecule has 2 aliphatic heterocycles. The van der Waals surface area contributed by atoms with Gasteiger partial charge in [0.25, 0.3) is 5.91 Å². The molecule has 0 saturated carbocycles. The lowest BCUT2D eigenvalue weighted by molar-refractivity contribution is -0.272. The normalized spacial score (nSPS) is 26.8. The van der Waals surface area contributed by atoms with Gasteiger partial charge in [0.05, 0.1) is 30.8 Å². The van der Waals surface area contributed by atoms with Gasteiger partial charge < -0.3 is 14.8 Å². The summed E-state index contributed by atoms with van der Waals surface area (Å²) < 4.78 is 109. The molecule has 7 nitrogen and oxygen atoms in total. The van der Waals surface area contributed by atoms with E-state index in [9.17, 15) is 31.1 Å². The van der Waals surface area contributed by atoms with Gasteiger partial charge in [-0.1, -0.05) is 13.0 Å². The van der Waals surface area contributed by atoms with Crippen LogP contribution >= 0.6 is 0 Å². The first-order valence-corrected chi connectivity index (χ1v) is 11.9. The third-order valence-electron chi connectivity index (χ3n) is 7.38. The van der Waals surface area contributed by atoms with E-state index in [0.717, 1.165) is 19.2 Å². The van der Waals surface area contributed by atoms with Crippen molar-refractivity contribution in [1.29, 1.82) is 0 Å². The van der Waals surface area contributed by atoms with E-state index in [2.05, 4.69) is 10.4 Å². The molecule has 210 valence electrons. The molecule has 2 saturated heterocycles. The van der Waals surface area contributed by atoms with Crippen LogP contribution in [-0.4, -0.2) is 64.8 Å². The Morgan fingerprint density at radius 3 is 2.47 bits per heavy atom. The lowest BCUT2D eigenvalue weighted by atomic mass is 9.75. The third-order valence-corrected chi connectivity index (χ3v) is 7.38. The van der Waals surface area contributed by atoms with E-state index in [1.54, 1.807) is 4.90 Å². The lowest BCUT2D eigenvalue weighted by Gasteiger charge is -2.32. The molecule has 1 aromatic carbocycles. The summed E-state index contributed by atoms with van der Waals surface area (Å²) in [7, 11) is 0. The van der Waals surface area contributed by atoms with E-state index >= 15 is 4.39 Å². The van der Waals surface area contributed by atoms with E-state index in [1.165, 1.54) is 19.9 Å². The van der Waals surface area contributed by atoms with E-state index in [4.69, 9.17) is 9.47 Å². The van der Waals surface area contributed by atoms with Gasteiger partial charge in [0.15, 0.2) is 17.2 Å². The number of benzene rings is 1. The van der Waals surface area contributed by atoms with Crippen molar-refractivity contribution in [2.75, 3.05) is 31.6 Å². The molecule has 2 aliphatic rings. The lowest BCUT2D eigenvalue weighted by Crippen LogP contribution is -2.47. The molecule has 0 spiro atoms. The van der Waals surface area contributed by atoms with Gasteiger partial charge in [-0.3, -0.25) is 9.69 Å². The predicted octanol–water partition coefficient (Wildman–Crippen LogP) is 4.78. The SMILES string of the molecule is Cc1nn(C(F)F)cc1NC(=O)[C@@H]1O[C@@](C)(C(F)(F)F)[C@@H](C)[C@H]1c1ccc(F)c(F)c1CN1CCOCC1. The summed E-state index contributed by atoms with van der Waals surface area (Å²) in [4.78, 5) is 15.1. The van der Waals surface area contributed by atoms with Crippen LogP contribution in [-0.2, 0) is 20.8 Å². The highest BCUT2D eigenvalue weighted by Crippen LogP contribution is 2.54. The fourth-order valence-electron chi connectivity index (χ4n) is 4.99. The smallest absolute Gasteiger partial charge is 0.379 e. The van der Waals surface area contributed by atoms with Gasteiger partial charge in [-0.05, 0) is 25.5 Å². The molecule has 4 atom stereocenters. The molecule has 2 fully saturated rings. The second-order valence-electron chi connectivity index (χ2n) is 9.65. The van der Waals surface area contributed by atoms with E-state index in [-0.39, 0.29) is 33.7 Å². The Morgan fingerprint density at radius 1 is 1.24 bits per heavy atom. The zero-order chi connectivity index (χ0) is 28.0. The molecular weight excluding hydrogens is 525 g/mol. The average molecular weight is 552 g/mol. The van der Waals surface area contributed by atoms with E-state index in [0.29, 0.717) is 26.3 Å². The Hall–Kier alpha value is -2.71. The minimum atomic E-state index is -4.92. The van der Waals surface area contributed by atoms with E-state index in [1.807, 2.05) is 0 Å². The van der Waals surface area contributed by atoms with Crippen LogP contribution in [0.15, 0.2) is 18.3 Å². The molecule has 14 heteroatoms. The number of hydrogen-bond acceptors (Lipinski definition) is 5. The first kappa shape index (κ1) is 28.3. The van der Waals surface area contributed by atoms with Gasteiger partial charge in [0.2, 0.25) is 0 Å². The Morgan fingerprint density at radius 2 is 1.89 bits per heavy atom. The first-order valence-electron chi connectivity index (χ1n) is 11.9. The van der Waals surface area contributed by atoms with Crippen molar-refractivity contribution in [3.8, 4) is 0 Å². The molecule has 0 bridgehead atoms. The van der Waals surface area contributed by atoms with Gasteiger partial charge in [-0.15, -0.1) is 0 Å². The Labute approximate surface area is 213 Å². The maximum atomic E-state index is 15.2. The number of aromatic nitrogens is 2. The summed E-state index contributed by atoms with van der Waals surface area (Å²) in [5, 5.41) is 5.90. The van der Waals surface area contributed by atoms with Crippen LogP contribution in [0, 0.1) is 24.5 Å². The summed E-state index contributed by atoms with van der Waals surface area (Å²) in [6, 6.07) is 1.97. The highest BCUT2D eigenvalue weighted by atomic mass is 19.4. The Bertz CT molecular complexity index is 1180. The van der Waals surface area contributed by atoms with Crippen LogP contribution < -0.4 is 5.32 Å². The number of aryl methyl sites for hydroxylation is 1. The number of alkyl halides is 5. The number of amides is 1. The number of halogens is 7. The Kier molecular flexibility index (Phi) is 7.79. The highest BCUT2D eigenvalue weighted by molar-refractivity contribution is 5.95. The zero-order valence-corrected chi connectivity index (χ0v) is 20.8. The number of carbonyl (C=O) groups excluding carboxylic acids is 1. The van der Waals surface area contributed by atoms with Crippen molar-refractivity contribution in [3.63, 3.8) is 0 Å². The van der Waals surface area contributed by atoms with Gasteiger partial charge in [-0.25, -0.2) is 13.5 Å². The van der Waals surface area contributed by atoms with Gasteiger partial charge in [-0.2, -0.15) is 27.1 Å². The molecular formula is C24H27F7N4O3. The van der Waals surface area contributed by atoms with E-state index < -0.39 is 53.8 Å². The second-order valence-corrected chi connectivity index (χ2v) is 9.65. The topological polar surface area (TPSA) is 68.6 Å². The number of hydrogen-bond donors (Lipinski definition) is 1. The van der Waals surface area contributed by atoms with Crippen molar-refractivity contribution >= 4 is 11.6 Å². The quantitative estimate of drug-likeness (QED) is 0.523. The minimum absolute atomic E-state index is 0.000613. The molecule has 3 heterocycles. The number of carbonyl (C=O) groups is 1. The molecule has 1 N–H and O–H groups in total. The van der Waals surface area contributed by atoms with Crippen LogP contribution in [0.4, 0.5) is 36.4 Å². The molecule has 0 radical (unpaired) electrons. The first-order chi connectivity index (χ1) is 17.7. The number of morpholine rings is 1. The zero-order valence-electron chi connectivity index (χ0n) is 20.8. The third kappa shape index (κ3) is 5.13. The average Bonchev–Trinajstić information content (AvgIpc) is 3.35. The summed E-state index contributed by atoms with van der Waals surface area (Å²) in [6.45, 7) is 1.70. The highest BCUT2D eigenvalue weighted by Gasteiger charge is 2.65. The van der Waals surface area contributed by atoms with Gasteiger partial charge in [0.1, 0.15) is 6.10 Å². The molecule has 0 unspecified atom stereocenters. The summed E-state index contributed by atoms with van der Waals surface area (Å²) in [5.41, 5.74) is -3.15. The number of anilines is 1. The van der Waals surface area contributed by atoms with Crippen molar-refractivity contribution in [2.24, 2.45) is 5.92 Å². The minimum Gasteiger partial charge on any atom is -0.379 e. The summed E-state index contributed by atoms with van der Waals surface area (Å²) in [5.74, 6) is -6.23. The van der Waals surface area contributed by atoms with Crippen LogP contribution in [0.2, 0.25) is 0 Å². The molecule has 4 rings (SSSR count). The molecule has 2 aromatic rings. The van der Waals surface area contributed by atoms with Crippen LogP contribution in [0.25, 0.3) is 0 Å². The number of ether oxygens (including phenoxy) is 2. The maximum Gasteiger partial charge on any atom is 0.417 e. The second kappa shape index (κ2) is 10.5. The molecule has 1 aromatic heterocycles. The number of nitrogens with one attached hydrogen (secondary N) is 1. The van der Waals surface area contributed by atoms with Crippen molar-refractivity contribution < 1.29 is 45.0 Å². The van der Waals surface area contributed by atoms with Gasteiger partial charge >= 0.3 is 12.7 Å². The van der Waals surface area contributed by atoms with Crippen LogP contribution in [0.3, 0.4) is 0 Å². The predicted molar refractivity (Wildman–Crippen MR) is 121 cm³/mol. The summed E-state index contributed by atoms with van der Waals surface area (Å²) >= 11 is 0. The maximum absolute atomic E-state index is 15.2. The monoisotopic (exact) mass is 552 g/mol.